The lowest BCUT2D eigenvalue weighted by Gasteiger charge is -2.37. The zero-order valence-corrected chi connectivity index (χ0v) is 19.8. The molecular weight excluding hydrogens is 460 g/mol. The molecule has 2 fully saturated rings. The van der Waals surface area contributed by atoms with Gasteiger partial charge in [0.2, 0.25) is 5.91 Å². The predicted molar refractivity (Wildman–Crippen MR) is 121 cm³/mol. The maximum atomic E-state index is 14.1. The number of amides is 1. The first-order valence-corrected chi connectivity index (χ1v) is 11.7. The molecule has 1 aromatic carbocycles. The fourth-order valence-electron chi connectivity index (χ4n) is 4.88. The molecule has 0 radical (unpaired) electrons. The number of carbonyl (C=O) groups excluding carboxylic acids is 1. The van der Waals surface area contributed by atoms with E-state index >= 15 is 0 Å². The number of pyridine rings is 1. The summed E-state index contributed by atoms with van der Waals surface area (Å²) >= 11 is 0. The third-order valence-electron chi connectivity index (χ3n) is 7.61. The zero-order valence-electron chi connectivity index (χ0n) is 19.8. The van der Waals surface area contributed by atoms with Gasteiger partial charge in [-0.3, -0.25) is 14.7 Å². The Morgan fingerprint density at radius 2 is 1.94 bits per heavy atom. The Morgan fingerprint density at radius 3 is 2.51 bits per heavy atom. The largest absolute Gasteiger partial charge is 0.411 e. The molecule has 9 heteroatoms. The van der Waals surface area contributed by atoms with Crippen LogP contribution in [0, 0.1) is 22.6 Å². The molecule has 4 rings (SSSR count). The summed E-state index contributed by atoms with van der Waals surface area (Å²) in [7, 11) is 0. The van der Waals surface area contributed by atoms with Crippen molar-refractivity contribution >= 4 is 5.91 Å². The first kappa shape index (κ1) is 25.1. The Morgan fingerprint density at radius 1 is 1.20 bits per heavy atom. The van der Waals surface area contributed by atoms with Crippen molar-refractivity contribution in [1.29, 1.82) is 5.26 Å². The minimum Gasteiger partial charge on any atom is -0.341 e. The lowest BCUT2D eigenvalue weighted by molar-refractivity contribution is -0.173. The van der Waals surface area contributed by atoms with E-state index in [2.05, 4.69) is 15.2 Å². The van der Waals surface area contributed by atoms with Crippen molar-refractivity contribution in [3.8, 4) is 6.07 Å². The van der Waals surface area contributed by atoms with Gasteiger partial charge in [-0.1, -0.05) is 12.1 Å². The minimum absolute atomic E-state index is 0.0776. The molecule has 1 aliphatic carbocycles. The molecule has 1 aliphatic heterocycles. The van der Waals surface area contributed by atoms with Gasteiger partial charge in [0.05, 0.1) is 22.2 Å². The van der Waals surface area contributed by atoms with E-state index in [9.17, 15) is 22.4 Å². The number of nitriles is 1. The first-order valence-electron chi connectivity index (χ1n) is 11.7. The average molecular weight is 489 g/mol. The van der Waals surface area contributed by atoms with Crippen LogP contribution in [0.5, 0.6) is 0 Å². The lowest BCUT2D eigenvalue weighted by Crippen LogP contribution is -2.54. The number of nitrogens with zero attached hydrogens (tertiary/aromatic N) is 3. The molecule has 0 unspecified atom stereocenters. The fourth-order valence-corrected chi connectivity index (χ4v) is 4.88. The van der Waals surface area contributed by atoms with E-state index < -0.39 is 34.4 Å². The molecule has 2 aromatic rings. The highest BCUT2D eigenvalue weighted by atomic mass is 19.4. The monoisotopic (exact) mass is 488 g/mol. The van der Waals surface area contributed by atoms with E-state index in [-0.39, 0.29) is 31.4 Å². The van der Waals surface area contributed by atoms with Crippen molar-refractivity contribution in [3.05, 3.63) is 65.2 Å². The smallest absolute Gasteiger partial charge is 0.341 e. The Kier molecular flexibility index (Phi) is 6.39. The highest BCUT2D eigenvalue weighted by molar-refractivity contribution is 5.84. The standard InChI is InChI=1S/C26H28F4N4O/c1-23(2,21-5-3-4-13-32-21)34-14-12-24(17-34,22(35)33-25(10-11-25)26(28,29)30)9-8-18-6-7-19(16-31)20(27)15-18/h3-7,13,15H,8-12,14,17H2,1-2H3,(H,33,35)/t24-/m1/s1. The number of carbonyl (C=O) groups is 1. The molecule has 0 spiro atoms. The second kappa shape index (κ2) is 8.90. The molecule has 2 aliphatic rings. The summed E-state index contributed by atoms with van der Waals surface area (Å²) in [6.07, 6.45) is -2.13. The van der Waals surface area contributed by atoms with E-state index in [1.807, 2.05) is 32.0 Å². The van der Waals surface area contributed by atoms with Gasteiger partial charge in [0, 0.05) is 19.3 Å². The molecule has 0 bridgehead atoms. The molecule has 35 heavy (non-hydrogen) atoms. The highest BCUT2D eigenvalue weighted by Crippen LogP contribution is 2.50. The Balaban J connectivity index is 1.59. The Bertz CT molecular complexity index is 1140. The molecule has 186 valence electrons. The topological polar surface area (TPSA) is 69.0 Å². The molecule has 1 amide bonds. The second-order valence-corrected chi connectivity index (χ2v) is 10.2. The summed E-state index contributed by atoms with van der Waals surface area (Å²) in [4.78, 5) is 20.0. The average Bonchev–Trinajstić information content (AvgIpc) is 3.48. The van der Waals surface area contributed by atoms with E-state index in [0.29, 0.717) is 24.9 Å². The number of likely N-dealkylation sites (tertiary alicyclic amines) is 1. The summed E-state index contributed by atoms with van der Waals surface area (Å²) < 4.78 is 55.0. The molecular formula is C26H28F4N4O. The van der Waals surface area contributed by atoms with Crippen molar-refractivity contribution in [1.82, 2.24) is 15.2 Å². The summed E-state index contributed by atoms with van der Waals surface area (Å²) in [5, 5.41) is 11.3. The van der Waals surface area contributed by atoms with Crippen LogP contribution in [0.2, 0.25) is 0 Å². The number of aryl methyl sites for hydroxylation is 1. The van der Waals surface area contributed by atoms with Crippen molar-refractivity contribution in [3.63, 3.8) is 0 Å². The summed E-state index contributed by atoms with van der Waals surface area (Å²) in [5.74, 6) is -1.26. The van der Waals surface area contributed by atoms with Gasteiger partial charge in [0.1, 0.15) is 17.4 Å². The molecule has 5 nitrogen and oxygen atoms in total. The van der Waals surface area contributed by atoms with Crippen molar-refractivity contribution in [2.75, 3.05) is 13.1 Å². The van der Waals surface area contributed by atoms with E-state index in [1.54, 1.807) is 18.3 Å². The van der Waals surface area contributed by atoms with Gasteiger partial charge in [0.25, 0.3) is 0 Å². The number of hydrogen-bond donors (Lipinski definition) is 1. The summed E-state index contributed by atoms with van der Waals surface area (Å²) in [5.41, 5.74) is -2.44. The molecule has 1 saturated heterocycles. The van der Waals surface area contributed by atoms with Gasteiger partial charge in [-0.15, -0.1) is 0 Å². The van der Waals surface area contributed by atoms with Crippen LogP contribution in [-0.2, 0) is 16.8 Å². The Hall–Kier alpha value is -2.99. The minimum atomic E-state index is -4.51. The van der Waals surface area contributed by atoms with E-state index in [0.717, 1.165) is 5.69 Å². The van der Waals surface area contributed by atoms with Crippen LogP contribution in [-0.4, -0.2) is 40.6 Å². The van der Waals surface area contributed by atoms with Crippen molar-refractivity contribution in [2.45, 2.75) is 63.2 Å². The van der Waals surface area contributed by atoms with Crippen LogP contribution >= 0.6 is 0 Å². The highest BCUT2D eigenvalue weighted by Gasteiger charge is 2.65. The summed E-state index contributed by atoms with van der Waals surface area (Å²) in [6, 6.07) is 11.6. The van der Waals surface area contributed by atoms with Crippen LogP contribution in [0.4, 0.5) is 17.6 Å². The molecule has 1 aromatic heterocycles. The second-order valence-electron chi connectivity index (χ2n) is 10.2. The number of rotatable bonds is 7. The van der Waals surface area contributed by atoms with E-state index in [1.165, 1.54) is 12.1 Å². The van der Waals surface area contributed by atoms with E-state index in [4.69, 9.17) is 5.26 Å². The quantitative estimate of drug-likeness (QED) is 0.565. The van der Waals surface area contributed by atoms with Crippen LogP contribution in [0.3, 0.4) is 0 Å². The van der Waals surface area contributed by atoms with Crippen molar-refractivity contribution in [2.24, 2.45) is 5.41 Å². The van der Waals surface area contributed by atoms with Crippen LogP contribution in [0.1, 0.15) is 56.4 Å². The molecule has 1 atom stereocenters. The Labute approximate surface area is 202 Å². The van der Waals surface area contributed by atoms with Gasteiger partial charge in [0.15, 0.2) is 0 Å². The molecule has 2 heterocycles. The summed E-state index contributed by atoms with van der Waals surface area (Å²) in [6.45, 7) is 4.74. The van der Waals surface area contributed by atoms with Crippen LogP contribution in [0.15, 0.2) is 42.6 Å². The molecule has 1 N–H and O–H groups in total. The number of alkyl halides is 3. The maximum Gasteiger partial charge on any atom is 0.411 e. The third-order valence-corrected chi connectivity index (χ3v) is 7.61. The number of hydrogen-bond acceptors (Lipinski definition) is 4. The van der Waals surface area contributed by atoms with Crippen LogP contribution in [0.25, 0.3) is 0 Å². The molecule has 1 saturated carbocycles. The lowest BCUT2D eigenvalue weighted by atomic mass is 9.79. The normalized spacial score (nSPS) is 22.0. The zero-order chi connectivity index (χ0) is 25.5. The third kappa shape index (κ3) is 4.76. The van der Waals surface area contributed by atoms with Gasteiger partial charge in [-0.25, -0.2) is 4.39 Å². The number of nitrogens with one attached hydrogen (secondary N) is 1. The van der Waals surface area contributed by atoms with Gasteiger partial charge in [-0.2, -0.15) is 18.4 Å². The number of halogens is 4. The first-order chi connectivity index (χ1) is 16.4. The predicted octanol–water partition coefficient (Wildman–Crippen LogP) is 4.86. The van der Waals surface area contributed by atoms with Gasteiger partial charge < -0.3 is 5.32 Å². The van der Waals surface area contributed by atoms with Crippen molar-refractivity contribution < 1.29 is 22.4 Å². The van der Waals surface area contributed by atoms with Crippen LogP contribution < -0.4 is 5.32 Å². The number of aromatic nitrogens is 1. The van der Waals surface area contributed by atoms with Gasteiger partial charge in [-0.05, 0) is 75.8 Å². The van der Waals surface area contributed by atoms with Gasteiger partial charge >= 0.3 is 6.18 Å². The fraction of sp³-hybridized carbons (Fsp3) is 0.500. The number of benzene rings is 1. The maximum absolute atomic E-state index is 14.1. The SMILES string of the molecule is CC(C)(c1ccccn1)N1CC[C@@](CCc2ccc(C#N)c(F)c2)(C(=O)NC2(C(F)(F)F)CC2)C1.